The summed E-state index contributed by atoms with van der Waals surface area (Å²) in [6.07, 6.45) is 5.27. The van der Waals surface area contributed by atoms with Gasteiger partial charge in [0.15, 0.2) is 0 Å². The van der Waals surface area contributed by atoms with Gasteiger partial charge in [-0.15, -0.1) is 5.10 Å². The molecular weight excluding hydrogens is 352 g/mol. The zero-order valence-corrected chi connectivity index (χ0v) is 15.0. The van der Waals surface area contributed by atoms with Crippen LogP contribution in [0.3, 0.4) is 0 Å². The Kier molecular flexibility index (Phi) is 5.15. The maximum absolute atomic E-state index is 12.7. The summed E-state index contributed by atoms with van der Waals surface area (Å²) in [6, 6.07) is 21.1. The number of pyridine rings is 1. The van der Waals surface area contributed by atoms with Crippen LogP contribution < -0.4 is 5.32 Å². The fourth-order valence-electron chi connectivity index (χ4n) is 3.00. The van der Waals surface area contributed by atoms with E-state index in [1.165, 1.54) is 6.33 Å². The molecule has 0 radical (unpaired) electrons. The van der Waals surface area contributed by atoms with Crippen molar-refractivity contribution in [2.24, 2.45) is 0 Å². The molecule has 1 amide bonds. The molecule has 0 fully saturated rings. The predicted molar refractivity (Wildman–Crippen MR) is 104 cm³/mol. The highest BCUT2D eigenvalue weighted by atomic mass is 16.1. The third-order valence-electron chi connectivity index (χ3n) is 4.39. The molecule has 0 saturated heterocycles. The Bertz CT molecular complexity index is 978. The van der Waals surface area contributed by atoms with Gasteiger partial charge in [-0.05, 0) is 51.4 Å². The molecule has 28 heavy (non-hydrogen) atoms. The van der Waals surface area contributed by atoms with Crippen molar-refractivity contribution in [2.45, 2.75) is 12.5 Å². The number of hydrogen-bond donors (Lipinski definition) is 1. The quantitative estimate of drug-likeness (QED) is 0.564. The first-order valence-electron chi connectivity index (χ1n) is 8.86. The van der Waals surface area contributed by atoms with Crippen LogP contribution in [0.2, 0.25) is 0 Å². The Balaban J connectivity index is 1.49. The van der Waals surface area contributed by atoms with Crippen molar-refractivity contribution in [3.8, 4) is 5.69 Å². The molecule has 4 aromatic rings. The Hall–Kier alpha value is -3.87. The summed E-state index contributed by atoms with van der Waals surface area (Å²) in [7, 11) is 0. The van der Waals surface area contributed by atoms with Gasteiger partial charge in [-0.3, -0.25) is 9.78 Å². The van der Waals surface area contributed by atoms with E-state index in [0.717, 1.165) is 22.4 Å². The fraction of sp³-hybridized carbons (Fsp3) is 0.0952. The molecule has 2 aromatic carbocycles. The zero-order valence-electron chi connectivity index (χ0n) is 15.0. The SMILES string of the molecule is O=C(Cc1ccc(-n2cnnn2)cc1)N[C@@H](c1ccccc1)c1ccncc1. The van der Waals surface area contributed by atoms with Crippen molar-refractivity contribution < 1.29 is 4.79 Å². The molecule has 138 valence electrons. The van der Waals surface area contributed by atoms with E-state index < -0.39 is 0 Å². The molecule has 0 spiro atoms. The lowest BCUT2D eigenvalue weighted by Gasteiger charge is -2.20. The molecular formula is C21H18N6O. The first-order chi connectivity index (χ1) is 13.8. The average Bonchev–Trinajstić information content (AvgIpc) is 3.29. The van der Waals surface area contributed by atoms with Gasteiger partial charge in [0, 0.05) is 12.4 Å². The Morgan fingerprint density at radius 2 is 1.64 bits per heavy atom. The second-order valence-corrected chi connectivity index (χ2v) is 6.29. The summed E-state index contributed by atoms with van der Waals surface area (Å²) in [5.74, 6) is -0.0548. The van der Waals surface area contributed by atoms with E-state index in [9.17, 15) is 4.79 Å². The molecule has 0 aliphatic carbocycles. The van der Waals surface area contributed by atoms with E-state index in [0.29, 0.717) is 0 Å². The third-order valence-corrected chi connectivity index (χ3v) is 4.39. The lowest BCUT2D eigenvalue weighted by atomic mass is 9.99. The van der Waals surface area contributed by atoms with Gasteiger partial charge in [-0.2, -0.15) is 0 Å². The van der Waals surface area contributed by atoms with Crippen LogP contribution in [-0.4, -0.2) is 31.1 Å². The second kappa shape index (κ2) is 8.22. The maximum atomic E-state index is 12.7. The van der Waals surface area contributed by atoms with Crippen molar-refractivity contribution in [2.75, 3.05) is 0 Å². The van der Waals surface area contributed by atoms with E-state index >= 15 is 0 Å². The van der Waals surface area contributed by atoms with Crippen LogP contribution in [-0.2, 0) is 11.2 Å². The number of hydrogen-bond acceptors (Lipinski definition) is 5. The van der Waals surface area contributed by atoms with Gasteiger partial charge < -0.3 is 5.32 Å². The van der Waals surface area contributed by atoms with Crippen molar-refractivity contribution in [1.82, 2.24) is 30.5 Å². The Morgan fingerprint density at radius 1 is 0.929 bits per heavy atom. The highest BCUT2D eigenvalue weighted by Crippen LogP contribution is 2.21. The van der Waals surface area contributed by atoms with Gasteiger partial charge >= 0.3 is 0 Å². The number of benzene rings is 2. The van der Waals surface area contributed by atoms with Crippen molar-refractivity contribution in [3.63, 3.8) is 0 Å². The molecule has 1 atom stereocenters. The standard InChI is InChI=1S/C21H18N6O/c28-20(14-16-6-8-19(9-7-16)27-15-23-25-26-27)24-21(17-4-2-1-3-5-17)18-10-12-22-13-11-18/h1-13,15,21H,14H2,(H,24,28)/t21-/m0/s1. The maximum Gasteiger partial charge on any atom is 0.225 e. The number of aromatic nitrogens is 5. The lowest BCUT2D eigenvalue weighted by Crippen LogP contribution is -2.30. The van der Waals surface area contributed by atoms with Gasteiger partial charge in [-0.25, -0.2) is 4.68 Å². The highest BCUT2D eigenvalue weighted by molar-refractivity contribution is 5.79. The summed E-state index contributed by atoms with van der Waals surface area (Å²) >= 11 is 0. The minimum Gasteiger partial charge on any atom is -0.345 e. The van der Waals surface area contributed by atoms with E-state index in [-0.39, 0.29) is 18.4 Å². The number of tetrazole rings is 1. The Labute approximate surface area is 162 Å². The highest BCUT2D eigenvalue weighted by Gasteiger charge is 2.17. The molecule has 7 heteroatoms. The van der Waals surface area contributed by atoms with Crippen LogP contribution in [0, 0.1) is 0 Å². The van der Waals surface area contributed by atoms with Gasteiger partial charge in [0.25, 0.3) is 0 Å². The van der Waals surface area contributed by atoms with E-state index in [1.54, 1.807) is 17.1 Å². The second-order valence-electron chi connectivity index (χ2n) is 6.29. The van der Waals surface area contributed by atoms with Crippen LogP contribution in [0.1, 0.15) is 22.7 Å². The number of amides is 1. The number of carbonyl (C=O) groups excluding carboxylic acids is 1. The topological polar surface area (TPSA) is 85.6 Å². The first kappa shape index (κ1) is 17.5. The predicted octanol–water partition coefficient (Wildman–Crippen LogP) is 2.51. The number of rotatable bonds is 6. The van der Waals surface area contributed by atoms with Gasteiger partial charge in [-0.1, -0.05) is 42.5 Å². The molecule has 0 saturated carbocycles. The van der Waals surface area contributed by atoms with E-state index in [1.807, 2.05) is 66.7 Å². The monoisotopic (exact) mass is 370 g/mol. The largest absolute Gasteiger partial charge is 0.345 e. The normalized spacial score (nSPS) is 11.7. The van der Waals surface area contributed by atoms with Crippen LogP contribution in [0.15, 0.2) is 85.5 Å². The third kappa shape index (κ3) is 4.09. The van der Waals surface area contributed by atoms with E-state index in [2.05, 4.69) is 25.8 Å². The molecule has 1 N–H and O–H groups in total. The first-order valence-corrected chi connectivity index (χ1v) is 8.86. The van der Waals surface area contributed by atoms with Crippen LogP contribution in [0.5, 0.6) is 0 Å². The minimum atomic E-state index is -0.225. The number of carbonyl (C=O) groups is 1. The van der Waals surface area contributed by atoms with Crippen LogP contribution >= 0.6 is 0 Å². The summed E-state index contributed by atoms with van der Waals surface area (Å²) in [6.45, 7) is 0. The molecule has 0 aliphatic heterocycles. The lowest BCUT2D eigenvalue weighted by molar-refractivity contribution is -0.120. The molecule has 0 bridgehead atoms. The molecule has 7 nitrogen and oxygen atoms in total. The molecule has 2 aromatic heterocycles. The molecule has 0 aliphatic rings. The summed E-state index contributed by atoms with van der Waals surface area (Å²) in [5, 5.41) is 14.2. The van der Waals surface area contributed by atoms with E-state index in [4.69, 9.17) is 0 Å². The summed E-state index contributed by atoms with van der Waals surface area (Å²) in [5.41, 5.74) is 3.77. The molecule has 2 heterocycles. The average molecular weight is 370 g/mol. The van der Waals surface area contributed by atoms with Gasteiger partial charge in [0.1, 0.15) is 6.33 Å². The van der Waals surface area contributed by atoms with Crippen LogP contribution in [0.4, 0.5) is 0 Å². The van der Waals surface area contributed by atoms with Crippen LogP contribution in [0.25, 0.3) is 5.69 Å². The van der Waals surface area contributed by atoms with Gasteiger partial charge in [0.05, 0.1) is 18.2 Å². The van der Waals surface area contributed by atoms with Crippen molar-refractivity contribution in [1.29, 1.82) is 0 Å². The molecule has 0 unspecified atom stereocenters. The number of nitrogens with one attached hydrogen (secondary N) is 1. The smallest absolute Gasteiger partial charge is 0.225 e. The van der Waals surface area contributed by atoms with Crippen molar-refractivity contribution in [3.05, 3.63) is 102 Å². The minimum absolute atomic E-state index is 0.0548. The summed E-state index contributed by atoms with van der Waals surface area (Å²) < 4.78 is 1.57. The summed E-state index contributed by atoms with van der Waals surface area (Å²) in [4.78, 5) is 16.8. The van der Waals surface area contributed by atoms with Gasteiger partial charge in [0.2, 0.25) is 5.91 Å². The molecule has 4 rings (SSSR count). The zero-order chi connectivity index (χ0) is 19.2. The number of nitrogens with zero attached hydrogens (tertiary/aromatic N) is 5. The Morgan fingerprint density at radius 3 is 2.32 bits per heavy atom. The van der Waals surface area contributed by atoms with Crippen molar-refractivity contribution >= 4 is 5.91 Å². The fourth-order valence-corrected chi connectivity index (χ4v) is 3.00.